The maximum atomic E-state index is 12.4. The second-order valence-electron chi connectivity index (χ2n) is 6.21. The minimum absolute atomic E-state index is 0.0643. The zero-order valence-corrected chi connectivity index (χ0v) is 12.7. The SMILES string of the molecule is CCC(N)(CC)C(=O)N1CCC(NC(=O)C2CC2)CC1. The van der Waals surface area contributed by atoms with E-state index in [-0.39, 0.29) is 23.8 Å². The second kappa shape index (κ2) is 6.12. The Labute approximate surface area is 121 Å². The molecule has 0 aromatic rings. The van der Waals surface area contributed by atoms with Gasteiger partial charge in [-0.25, -0.2) is 0 Å². The van der Waals surface area contributed by atoms with Crippen molar-refractivity contribution < 1.29 is 9.59 Å². The molecule has 5 heteroatoms. The van der Waals surface area contributed by atoms with E-state index in [1.807, 2.05) is 18.7 Å². The van der Waals surface area contributed by atoms with E-state index in [1.165, 1.54) is 0 Å². The van der Waals surface area contributed by atoms with Gasteiger partial charge in [0.05, 0.1) is 5.54 Å². The summed E-state index contributed by atoms with van der Waals surface area (Å²) in [5.74, 6) is 0.520. The molecule has 2 fully saturated rings. The van der Waals surface area contributed by atoms with Gasteiger partial charge in [-0.1, -0.05) is 13.8 Å². The molecule has 1 aliphatic carbocycles. The molecule has 114 valence electrons. The Morgan fingerprint density at radius 1 is 1.15 bits per heavy atom. The summed E-state index contributed by atoms with van der Waals surface area (Å²) in [6.45, 7) is 5.33. The summed E-state index contributed by atoms with van der Waals surface area (Å²) in [4.78, 5) is 26.0. The lowest BCUT2D eigenvalue weighted by Gasteiger charge is -2.37. The Balaban J connectivity index is 1.81. The van der Waals surface area contributed by atoms with Gasteiger partial charge in [-0.05, 0) is 38.5 Å². The van der Waals surface area contributed by atoms with E-state index < -0.39 is 5.54 Å². The first kappa shape index (κ1) is 15.3. The normalized spacial score (nSPS) is 20.9. The van der Waals surface area contributed by atoms with Crippen LogP contribution < -0.4 is 11.1 Å². The maximum absolute atomic E-state index is 12.4. The van der Waals surface area contributed by atoms with Crippen molar-refractivity contribution in [2.75, 3.05) is 13.1 Å². The molecule has 1 aliphatic heterocycles. The Bertz CT molecular complexity index is 367. The number of nitrogens with one attached hydrogen (secondary N) is 1. The zero-order chi connectivity index (χ0) is 14.8. The van der Waals surface area contributed by atoms with Gasteiger partial charge in [0.2, 0.25) is 11.8 Å². The molecule has 0 radical (unpaired) electrons. The molecule has 1 saturated carbocycles. The van der Waals surface area contributed by atoms with Crippen molar-refractivity contribution in [3.05, 3.63) is 0 Å². The molecule has 0 bridgehead atoms. The average Bonchev–Trinajstić information content (AvgIpc) is 3.31. The van der Waals surface area contributed by atoms with Crippen molar-refractivity contribution in [2.45, 2.75) is 64.0 Å². The highest BCUT2D eigenvalue weighted by Crippen LogP contribution is 2.29. The van der Waals surface area contributed by atoms with E-state index in [2.05, 4.69) is 5.32 Å². The topological polar surface area (TPSA) is 75.4 Å². The smallest absolute Gasteiger partial charge is 0.242 e. The molecule has 1 heterocycles. The average molecular weight is 281 g/mol. The minimum Gasteiger partial charge on any atom is -0.353 e. The molecule has 0 unspecified atom stereocenters. The summed E-state index contributed by atoms with van der Waals surface area (Å²) < 4.78 is 0. The van der Waals surface area contributed by atoms with Gasteiger partial charge < -0.3 is 16.0 Å². The number of likely N-dealkylation sites (tertiary alicyclic amines) is 1. The van der Waals surface area contributed by atoms with Crippen LogP contribution in [0.15, 0.2) is 0 Å². The Morgan fingerprint density at radius 2 is 1.70 bits per heavy atom. The first-order valence-electron chi connectivity index (χ1n) is 7.88. The van der Waals surface area contributed by atoms with Gasteiger partial charge in [0.15, 0.2) is 0 Å². The van der Waals surface area contributed by atoms with Crippen LogP contribution in [-0.2, 0) is 9.59 Å². The second-order valence-corrected chi connectivity index (χ2v) is 6.21. The van der Waals surface area contributed by atoms with Crippen LogP contribution in [0.2, 0.25) is 0 Å². The highest BCUT2D eigenvalue weighted by atomic mass is 16.2. The third-order valence-electron chi connectivity index (χ3n) is 4.76. The lowest BCUT2D eigenvalue weighted by Crippen LogP contribution is -2.57. The van der Waals surface area contributed by atoms with Crippen molar-refractivity contribution >= 4 is 11.8 Å². The number of carbonyl (C=O) groups is 2. The number of nitrogens with zero attached hydrogens (tertiary/aromatic N) is 1. The molecular formula is C15H27N3O2. The number of hydrogen-bond acceptors (Lipinski definition) is 3. The van der Waals surface area contributed by atoms with Crippen LogP contribution in [0.4, 0.5) is 0 Å². The first-order valence-corrected chi connectivity index (χ1v) is 7.88. The highest BCUT2D eigenvalue weighted by molar-refractivity contribution is 5.86. The van der Waals surface area contributed by atoms with E-state index in [1.54, 1.807) is 0 Å². The molecule has 2 rings (SSSR count). The quantitative estimate of drug-likeness (QED) is 0.790. The predicted octanol–water partition coefficient (Wildman–Crippen LogP) is 1.02. The fourth-order valence-electron chi connectivity index (χ4n) is 2.76. The van der Waals surface area contributed by atoms with Crippen molar-refractivity contribution in [1.82, 2.24) is 10.2 Å². The van der Waals surface area contributed by atoms with E-state index >= 15 is 0 Å². The molecule has 0 atom stereocenters. The summed E-state index contributed by atoms with van der Waals surface area (Å²) in [7, 11) is 0. The summed E-state index contributed by atoms with van der Waals surface area (Å²) in [6, 6.07) is 0.225. The maximum Gasteiger partial charge on any atom is 0.242 e. The third-order valence-corrected chi connectivity index (χ3v) is 4.76. The summed E-state index contributed by atoms with van der Waals surface area (Å²) >= 11 is 0. The van der Waals surface area contributed by atoms with Crippen molar-refractivity contribution in [1.29, 1.82) is 0 Å². The third kappa shape index (κ3) is 3.32. The molecule has 20 heavy (non-hydrogen) atoms. The lowest BCUT2D eigenvalue weighted by atomic mass is 9.91. The van der Waals surface area contributed by atoms with Gasteiger partial charge in [0, 0.05) is 25.0 Å². The van der Waals surface area contributed by atoms with Crippen LogP contribution in [0.1, 0.15) is 52.4 Å². The van der Waals surface area contributed by atoms with Crippen LogP contribution in [0.5, 0.6) is 0 Å². The number of hydrogen-bond donors (Lipinski definition) is 2. The van der Waals surface area contributed by atoms with Crippen molar-refractivity contribution in [3.63, 3.8) is 0 Å². The first-order chi connectivity index (χ1) is 9.50. The van der Waals surface area contributed by atoms with Gasteiger partial charge in [0.25, 0.3) is 0 Å². The van der Waals surface area contributed by atoms with Gasteiger partial charge in [-0.2, -0.15) is 0 Å². The van der Waals surface area contributed by atoms with Crippen LogP contribution in [0, 0.1) is 5.92 Å². The summed E-state index contributed by atoms with van der Waals surface area (Å²) in [5.41, 5.74) is 5.46. The van der Waals surface area contributed by atoms with Gasteiger partial charge in [-0.15, -0.1) is 0 Å². The monoisotopic (exact) mass is 281 g/mol. The van der Waals surface area contributed by atoms with Gasteiger partial charge >= 0.3 is 0 Å². The fraction of sp³-hybridized carbons (Fsp3) is 0.867. The fourth-order valence-corrected chi connectivity index (χ4v) is 2.76. The number of nitrogens with two attached hydrogens (primary N) is 1. The molecule has 0 aromatic carbocycles. The highest BCUT2D eigenvalue weighted by Gasteiger charge is 2.36. The summed E-state index contributed by atoms with van der Waals surface area (Å²) in [5, 5.41) is 3.10. The molecule has 0 spiro atoms. The summed E-state index contributed by atoms with van der Waals surface area (Å²) in [6.07, 6.45) is 5.08. The van der Waals surface area contributed by atoms with E-state index in [0.717, 1.165) is 25.7 Å². The Morgan fingerprint density at radius 3 is 2.15 bits per heavy atom. The van der Waals surface area contributed by atoms with Crippen LogP contribution in [0.25, 0.3) is 0 Å². The molecule has 2 amide bonds. The number of rotatable bonds is 5. The van der Waals surface area contributed by atoms with Crippen LogP contribution >= 0.6 is 0 Å². The van der Waals surface area contributed by atoms with E-state index in [4.69, 9.17) is 5.73 Å². The largest absolute Gasteiger partial charge is 0.353 e. The molecule has 1 saturated heterocycles. The van der Waals surface area contributed by atoms with E-state index in [0.29, 0.717) is 25.9 Å². The molecular weight excluding hydrogens is 254 g/mol. The van der Waals surface area contributed by atoms with Gasteiger partial charge in [0.1, 0.15) is 0 Å². The lowest BCUT2D eigenvalue weighted by molar-refractivity contribution is -0.138. The predicted molar refractivity (Wildman–Crippen MR) is 78.0 cm³/mol. The zero-order valence-electron chi connectivity index (χ0n) is 12.7. The van der Waals surface area contributed by atoms with Crippen LogP contribution in [0.3, 0.4) is 0 Å². The number of piperidine rings is 1. The molecule has 3 N–H and O–H groups in total. The number of amides is 2. The van der Waals surface area contributed by atoms with Crippen LogP contribution in [-0.4, -0.2) is 41.4 Å². The van der Waals surface area contributed by atoms with Crippen molar-refractivity contribution in [3.8, 4) is 0 Å². The number of carbonyl (C=O) groups excluding carboxylic acids is 2. The van der Waals surface area contributed by atoms with Gasteiger partial charge in [-0.3, -0.25) is 9.59 Å². The molecule has 2 aliphatic rings. The molecule has 5 nitrogen and oxygen atoms in total. The minimum atomic E-state index is -0.718. The Hall–Kier alpha value is -1.10. The Kier molecular flexibility index (Phi) is 4.68. The molecule has 0 aromatic heterocycles. The standard InChI is InChI=1S/C15H27N3O2/c1-3-15(16,4-2)14(20)18-9-7-12(8-10-18)17-13(19)11-5-6-11/h11-12H,3-10,16H2,1-2H3,(H,17,19). The van der Waals surface area contributed by atoms with E-state index in [9.17, 15) is 9.59 Å². The van der Waals surface area contributed by atoms with Crippen molar-refractivity contribution in [2.24, 2.45) is 11.7 Å².